The lowest BCUT2D eigenvalue weighted by molar-refractivity contribution is -0.139. The zero-order chi connectivity index (χ0) is 24.2. The molecule has 0 amide bonds. The second kappa shape index (κ2) is 9.90. The third-order valence-corrected chi connectivity index (χ3v) is 5.54. The molecule has 11 heteroatoms. The molecule has 0 atom stereocenters. The molecule has 3 rings (SSSR count). The first-order chi connectivity index (χ1) is 15.7. The van der Waals surface area contributed by atoms with Crippen molar-refractivity contribution in [2.24, 2.45) is 0 Å². The highest BCUT2D eigenvalue weighted by Crippen LogP contribution is 2.35. The van der Waals surface area contributed by atoms with E-state index in [4.69, 9.17) is 25.8 Å². The maximum atomic E-state index is 12.6. The molecule has 0 saturated carbocycles. The molecular weight excluding hydrogens is 474 g/mol. The Hall–Kier alpha value is -3.60. The Morgan fingerprint density at radius 3 is 2.18 bits per heavy atom. The van der Waals surface area contributed by atoms with Crippen LogP contribution in [0.1, 0.15) is 0 Å². The van der Waals surface area contributed by atoms with Gasteiger partial charge < -0.3 is 19.1 Å². The number of halogens is 1. The van der Waals surface area contributed by atoms with E-state index in [1.54, 1.807) is 24.3 Å². The van der Waals surface area contributed by atoms with E-state index >= 15 is 0 Å². The fraction of sp³-hybridized carbons (Fsp3) is 0.0909. The number of esters is 2. The van der Waals surface area contributed by atoms with E-state index in [2.05, 4.69) is 0 Å². The second-order valence-electron chi connectivity index (χ2n) is 6.48. The van der Waals surface area contributed by atoms with E-state index in [0.717, 1.165) is 25.2 Å². The van der Waals surface area contributed by atoms with E-state index in [-0.39, 0.29) is 22.7 Å². The van der Waals surface area contributed by atoms with Gasteiger partial charge in [-0.15, -0.1) is 0 Å². The predicted octanol–water partition coefficient (Wildman–Crippen LogP) is 3.87. The van der Waals surface area contributed by atoms with E-state index in [0.29, 0.717) is 10.8 Å². The highest BCUT2D eigenvalue weighted by Gasteiger charge is 2.31. The fourth-order valence-corrected chi connectivity index (χ4v) is 3.78. The topological polar surface area (TPSA) is 119 Å². The van der Waals surface area contributed by atoms with Crippen molar-refractivity contribution in [1.29, 1.82) is 0 Å². The number of ether oxygens (including phenoxy) is 3. The normalized spacial score (nSPS) is 13.5. The van der Waals surface area contributed by atoms with Crippen LogP contribution in [0.4, 0.5) is 5.69 Å². The molecule has 1 aliphatic rings. The minimum atomic E-state index is -4.80. The molecule has 1 N–H and O–H groups in total. The Bertz CT molecular complexity index is 1280. The lowest BCUT2D eigenvalue weighted by Gasteiger charge is -2.25. The zero-order valence-electron chi connectivity index (χ0n) is 17.4. The first-order valence-corrected chi connectivity index (χ1v) is 11.1. The van der Waals surface area contributed by atoms with Gasteiger partial charge in [-0.25, -0.2) is 9.59 Å². The summed E-state index contributed by atoms with van der Waals surface area (Å²) in [5, 5.41) is 0.487. The van der Waals surface area contributed by atoms with E-state index < -0.39 is 27.0 Å². The molecule has 1 heterocycles. The Kier molecular flexibility index (Phi) is 7.22. The highest BCUT2D eigenvalue weighted by molar-refractivity contribution is 7.86. The SMILES string of the molecule is COC(=O)C1=C(C(=O)OC)N(c2ccc(Oc3ccc(Cl)cc3)cc2S(=O)(=O)O)C=CC=C1. The lowest BCUT2D eigenvalue weighted by Crippen LogP contribution is -2.28. The van der Waals surface area contributed by atoms with Gasteiger partial charge in [-0.3, -0.25) is 4.55 Å². The van der Waals surface area contributed by atoms with Gasteiger partial charge in [0.2, 0.25) is 0 Å². The third kappa shape index (κ3) is 5.43. The number of allylic oxidation sites excluding steroid dienone is 2. The molecule has 9 nitrogen and oxygen atoms in total. The largest absolute Gasteiger partial charge is 0.465 e. The van der Waals surface area contributed by atoms with Gasteiger partial charge in [-0.05, 0) is 48.6 Å². The molecule has 0 aliphatic carbocycles. The van der Waals surface area contributed by atoms with Gasteiger partial charge in [-0.2, -0.15) is 8.42 Å². The molecule has 2 aromatic carbocycles. The molecular formula is C22H18ClNO8S. The van der Waals surface area contributed by atoms with Crippen LogP contribution in [-0.4, -0.2) is 39.1 Å². The standard InChI is InChI=1S/C22H18ClNO8S/c1-30-21(25)17-5-3-4-12-24(20(17)22(26)31-2)18-11-10-16(13-19(18)33(27,28)29)32-15-8-6-14(23)7-9-15/h3-13H,1-2H3,(H,27,28,29). The van der Waals surface area contributed by atoms with E-state index in [9.17, 15) is 22.6 Å². The van der Waals surface area contributed by atoms with Crippen LogP contribution in [-0.2, 0) is 29.2 Å². The number of benzene rings is 2. The molecule has 0 spiro atoms. The van der Waals surface area contributed by atoms with Crippen molar-refractivity contribution in [3.8, 4) is 11.5 Å². The molecule has 2 aromatic rings. The summed E-state index contributed by atoms with van der Waals surface area (Å²) in [6.45, 7) is 0. The van der Waals surface area contributed by atoms with Gasteiger partial charge in [0.1, 0.15) is 22.1 Å². The third-order valence-electron chi connectivity index (χ3n) is 4.41. The molecule has 0 aromatic heterocycles. The average Bonchev–Trinajstić information content (AvgIpc) is 3.02. The van der Waals surface area contributed by atoms with Crippen molar-refractivity contribution in [3.05, 3.63) is 83.2 Å². The minimum absolute atomic E-state index is 0.0856. The molecule has 0 bridgehead atoms. The van der Waals surface area contributed by atoms with Crippen LogP contribution < -0.4 is 9.64 Å². The second-order valence-corrected chi connectivity index (χ2v) is 8.30. The number of hydrogen-bond acceptors (Lipinski definition) is 8. The van der Waals surface area contributed by atoms with Gasteiger partial charge in [0.25, 0.3) is 10.1 Å². The van der Waals surface area contributed by atoms with Crippen LogP contribution in [0.25, 0.3) is 0 Å². The lowest BCUT2D eigenvalue weighted by atomic mass is 10.1. The van der Waals surface area contributed by atoms with Crippen LogP contribution in [0.15, 0.2) is 83.1 Å². The number of carbonyl (C=O) groups is 2. The van der Waals surface area contributed by atoms with Crippen LogP contribution in [0, 0.1) is 0 Å². The number of carbonyl (C=O) groups excluding carboxylic acids is 2. The monoisotopic (exact) mass is 491 g/mol. The maximum Gasteiger partial charge on any atom is 0.355 e. The van der Waals surface area contributed by atoms with Gasteiger partial charge in [0, 0.05) is 17.3 Å². The molecule has 1 aliphatic heterocycles. The molecule has 0 saturated heterocycles. The predicted molar refractivity (Wildman–Crippen MR) is 120 cm³/mol. The quantitative estimate of drug-likeness (QED) is 0.474. The summed E-state index contributed by atoms with van der Waals surface area (Å²) in [6, 6.07) is 10.1. The van der Waals surface area contributed by atoms with E-state index in [1.165, 1.54) is 36.6 Å². The van der Waals surface area contributed by atoms with Crippen LogP contribution in [0.3, 0.4) is 0 Å². The van der Waals surface area contributed by atoms with Crippen LogP contribution in [0.5, 0.6) is 11.5 Å². The summed E-state index contributed by atoms with van der Waals surface area (Å²) in [7, 11) is -2.57. The molecule has 172 valence electrons. The van der Waals surface area contributed by atoms with Crippen molar-refractivity contribution in [2.45, 2.75) is 4.90 Å². The van der Waals surface area contributed by atoms with Crippen LogP contribution >= 0.6 is 11.6 Å². The van der Waals surface area contributed by atoms with Crippen LogP contribution in [0.2, 0.25) is 5.02 Å². The first-order valence-electron chi connectivity index (χ1n) is 9.25. The average molecular weight is 492 g/mol. The summed E-state index contributed by atoms with van der Waals surface area (Å²) < 4.78 is 49.6. The number of nitrogens with zero attached hydrogens (tertiary/aromatic N) is 1. The van der Waals surface area contributed by atoms with Gasteiger partial charge >= 0.3 is 11.9 Å². The van der Waals surface area contributed by atoms with Crippen molar-refractivity contribution in [2.75, 3.05) is 19.1 Å². The Morgan fingerprint density at radius 1 is 0.939 bits per heavy atom. The van der Waals surface area contributed by atoms with Gasteiger partial charge in [0.15, 0.2) is 0 Å². The molecule has 33 heavy (non-hydrogen) atoms. The van der Waals surface area contributed by atoms with Gasteiger partial charge in [0.05, 0.1) is 25.5 Å². The summed E-state index contributed by atoms with van der Waals surface area (Å²) in [6.07, 6.45) is 5.58. The number of anilines is 1. The minimum Gasteiger partial charge on any atom is -0.465 e. The number of methoxy groups -OCH3 is 2. The smallest absolute Gasteiger partial charge is 0.355 e. The van der Waals surface area contributed by atoms with Crippen molar-refractivity contribution >= 4 is 39.3 Å². The number of hydrogen-bond donors (Lipinski definition) is 1. The maximum absolute atomic E-state index is 12.6. The van der Waals surface area contributed by atoms with Gasteiger partial charge in [-0.1, -0.05) is 17.7 Å². The molecule has 0 unspecified atom stereocenters. The summed E-state index contributed by atoms with van der Waals surface area (Å²) in [4.78, 5) is 25.4. The summed E-state index contributed by atoms with van der Waals surface area (Å²) in [5.41, 5.74) is -0.634. The Balaban J connectivity index is 2.17. The summed E-state index contributed by atoms with van der Waals surface area (Å²) >= 11 is 5.86. The van der Waals surface area contributed by atoms with Crippen molar-refractivity contribution < 1.29 is 36.8 Å². The zero-order valence-corrected chi connectivity index (χ0v) is 19.0. The molecule has 0 fully saturated rings. The Morgan fingerprint density at radius 2 is 1.58 bits per heavy atom. The number of rotatable bonds is 6. The first kappa shape index (κ1) is 24.1. The molecule has 0 radical (unpaired) electrons. The van der Waals surface area contributed by atoms with Crippen molar-refractivity contribution in [3.63, 3.8) is 0 Å². The summed E-state index contributed by atoms with van der Waals surface area (Å²) in [5.74, 6) is -1.33. The fourth-order valence-electron chi connectivity index (χ4n) is 2.95. The van der Waals surface area contributed by atoms with Crippen molar-refractivity contribution in [1.82, 2.24) is 0 Å². The Labute approximate surface area is 194 Å². The van der Waals surface area contributed by atoms with E-state index in [1.807, 2.05) is 0 Å². The highest BCUT2D eigenvalue weighted by atomic mass is 35.5.